The standard InChI is InChI=1S/C28H23F3N8/c29-28(30,31)20-11-6-10-19(15-20)25-23(37-39-26(25)32)16-18-9-4-5-12-21(18)34-27(33)35-24-14-13-22(36-38-24)17-7-2-1-3-8-17/h1-15H,16H2,(H3,32,37,39)(H3,33,34,35,38). The van der Waals surface area contributed by atoms with Crippen LogP contribution in [0.3, 0.4) is 0 Å². The lowest BCUT2D eigenvalue weighted by Crippen LogP contribution is -2.23. The number of aromatic nitrogens is 4. The van der Waals surface area contributed by atoms with Crippen molar-refractivity contribution in [1.29, 1.82) is 0 Å². The molecule has 39 heavy (non-hydrogen) atoms. The highest BCUT2D eigenvalue weighted by Gasteiger charge is 2.31. The van der Waals surface area contributed by atoms with Crippen LogP contribution in [0.4, 0.5) is 30.5 Å². The zero-order chi connectivity index (χ0) is 27.4. The number of benzene rings is 3. The van der Waals surface area contributed by atoms with Gasteiger partial charge in [-0.05, 0) is 41.5 Å². The zero-order valence-corrected chi connectivity index (χ0v) is 20.4. The Morgan fingerprint density at radius 1 is 0.872 bits per heavy atom. The van der Waals surface area contributed by atoms with Crippen molar-refractivity contribution in [2.75, 3.05) is 11.1 Å². The fourth-order valence-corrected chi connectivity index (χ4v) is 4.12. The molecule has 3 aromatic carbocycles. The molecule has 2 aromatic heterocycles. The first-order chi connectivity index (χ1) is 18.8. The topological polar surface area (TPSA) is 131 Å². The maximum absolute atomic E-state index is 13.3. The van der Waals surface area contributed by atoms with E-state index in [1.54, 1.807) is 18.2 Å². The summed E-state index contributed by atoms with van der Waals surface area (Å²) in [5, 5.41) is 18.3. The minimum atomic E-state index is -4.48. The molecule has 5 aromatic rings. The first-order valence-electron chi connectivity index (χ1n) is 11.9. The average molecular weight is 529 g/mol. The third kappa shape index (κ3) is 5.87. The van der Waals surface area contributed by atoms with Crippen LogP contribution in [-0.2, 0) is 12.6 Å². The summed E-state index contributed by atoms with van der Waals surface area (Å²) in [7, 11) is 0. The molecule has 0 saturated heterocycles. The number of para-hydroxylation sites is 1. The summed E-state index contributed by atoms with van der Waals surface area (Å²) in [5.41, 5.74) is 15.8. The van der Waals surface area contributed by atoms with E-state index in [4.69, 9.17) is 11.5 Å². The third-order valence-electron chi connectivity index (χ3n) is 5.95. The van der Waals surface area contributed by atoms with Gasteiger partial charge < -0.3 is 16.8 Å². The number of guanidine groups is 1. The lowest BCUT2D eigenvalue weighted by Gasteiger charge is -2.13. The fraction of sp³-hybridized carbons (Fsp3) is 0.0714. The molecule has 0 fully saturated rings. The van der Waals surface area contributed by atoms with Crippen LogP contribution in [0.15, 0.2) is 96.0 Å². The van der Waals surface area contributed by atoms with Gasteiger partial charge >= 0.3 is 6.18 Å². The molecule has 0 bridgehead atoms. The first kappa shape index (κ1) is 25.5. The number of aromatic amines is 1. The Balaban J connectivity index is 1.37. The molecule has 11 heteroatoms. The number of nitrogens with zero attached hydrogens (tertiary/aromatic N) is 4. The molecule has 6 N–H and O–H groups in total. The van der Waals surface area contributed by atoms with Crippen molar-refractivity contribution >= 4 is 23.3 Å². The van der Waals surface area contributed by atoms with Crippen LogP contribution in [-0.4, -0.2) is 26.4 Å². The van der Waals surface area contributed by atoms with Crippen molar-refractivity contribution in [1.82, 2.24) is 20.4 Å². The Kier molecular flexibility index (Phi) is 6.96. The van der Waals surface area contributed by atoms with Gasteiger partial charge in [0.25, 0.3) is 0 Å². The predicted molar refractivity (Wildman–Crippen MR) is 145 cm³/mol. The van der Waals surface area contributed by atoms with Gasteiger partial charge in [-0.1, -0.05) is 60.7 Å². The van der Waals surface area contributed by atoms with Crippen LogP contribution in [0.2, 0.25) is 0 Å². The predicted octanol–water partition coefficient (Wildman–Crippen LogP) is 5.78. The molecule has 0 amide bonds. The average Bonchev–Trinajstić information content (AvgIpc) is 3.30. The summed E-state index contributed by atoms with van der Waals surface area (Å²) in [6, 6.07) is 25.5. The summed E-state index contributed by atoms with van der Waals surface area (Å²) in [6.45, 7) is 0. The lowest BCUT2D eigenvalue weighted by atomic mass is 9.98. The number of alkyl halides is 3. The van der Waals surface area contributed by atoms with E-state index in [1.807, 2.05) is 54.6 Å². The van der Waals surface area contributed by atoms with Crippen molar-refractivity contribution in [2.45, 2.75) is 12.6 Å². The van der Waals surface area contributed by atoms with Gasteiger partial charge in [-0.3, -0.25) is 5.10 Å². The lowest BCUT2D eigenvalue weighted by molar-refractivity contribution is -0.137. The molecule has 5 rings (SSSR count). The molecule has 0 aliphatic rings. The molecule has 0 atom stereocenters. The van der Waals surface area contributed by atoms with E-state index in [9.17, 15) is 13.2 Å². The summed E-state index contributed by atoms with van der Waals surface area (Å²) < 4.78 is 39.9. The second kappa shape index (κ2) is 10.7. The summed E-state index contributed by atoms with van der Waals surface area (Å²) >= 11 is 0. The maximum atomic E-state index is 13.3. The minimum absolute atomic E-state index is 0.0893. The van der Waals surface area contributed by atoms with E-state index in [0.29, 0.717) is 34.0 Å². The molecule has 0 spiro atoms. The number of hydrogen-bond donors (Lipinski definition) is 4. The molecule has 2 heterocycles. The SMILES string of the molecule is NC(=Nc1ccc(-c2ccccc2)nn1)Nc1ccccc1Cc1[nH]nc(N)c1-c1cccc(C(F)(F)F)c1. The van der Waals surface area contributed by atoms with Gasteiger partial charge in [0, 0.05) is 28.9 Å². The van der Waals surface area contributed by atoms with E-state index in [2.05, 4.69) is 30.7 Å². The third-order valence-corrected chi connectivity index (χ3v) is 5.95. The Bertz CT molecular complexity index is 1610. The number of hydrogen-bond acceptors (Lipinski definition) is 5. The number of nitrogen functional groups attached to an aromatic ring is 1. The van der Waals surface area contributed by atoms with Gasteiger partial charge in [0.05, 0.1) is 11.3 Å². The zero-order valence-electron chi connectivity index (χ0n) is 20.4. The van der Waals surface area contributed by atoms with Gasteiger partial charge in [0.15, 0.2) is 17.6 Å². The van der Waals surface area contributed by atoms with Gasteiger partial charge in [0.2, 0.25) is 0 Å². The minimum Gasteiger partial charge on any atom is -0.382 e. The Hall–Kier alpha value is -5.19. The Morgan fingerprint density at radius 3 is 2.36 bits per heavy atom. The van der Waals surface area contributed by atoms with Crippen molar-refractivity contribution in [3.63, 3.8) is 0 Å². The maximum Gasteiger partial charge on any atom is 0.416 e. The van der Waals surface area contributed by atoms with Gasteiger partial charge in [-0.2, -0.15) is 23.3 Å². The van der Waals surface area contributed by atoms with Crippen LogP contribution < -0.4 is 16.8 Å². The van der Waals surface area contributed by atoms with Crippen LogP contribution >= 0.6 is 0 Å². The van der Waals surface area contributed by atoms with E-state index < -0.39 is 11.7 Å². The highest BCUT2D eigenvalue weighted by molar-refractivity contribution is 5.94. The van der Waals surface area contributed by atoms with Gasteiger partial charge in [-0.15, -0.1) is 10.2 Å². The smallest absolute Gasteiger partial charge is 0.382 e. The van der Waals surface area contributed by atoms with Crippen molar-refractivity contribution in [3.8, 4) is 22.4 Å². The van der Waals surface area contributed by atoms with Gasteiger partial charge in [-0.25, -0.2) is 0 Å². The van der Waals surface area contributed by atoms with Crippen molar-refractivity contribution in [2.24, 2.45) is 10.7 Å². The number of anilines is 2. The Morgan fingerprint density at radius 2 is 1.62 bits per heavy atom. The van der Waals surface area contributed by atoms with E-state index in [0.717, 1.165) is 23.3 Å². The highest BCUT2D eigenvalue weighted by atomic mass is 19.4. The number of rotatable bonds is 6. The van der Waals surface area contributed by atoms with Crippen LogP contribution in [0, 0.1) is 0 Å². The number of halogens is 3. The van der Waals surface area contributed by atoms with Crippen molar-refractivity contribution < 1.29 is 13.2 Å². The molecular formula is C28H23F3N8. The summed E-state index contributed by atoms with van der Waals surface area (Å²) in [5.74, 6) is 0.519. The largest absolute Gasteiger partial charge is 0.416 e. The summed E-state index contributed by atoms with van der Waals surface area (Å²) in [6.07, 6.45) is -4.19. The van der Waals surface area contributed by atoms with Crippen LogP contribution in [0.5, 0.6) is 0 Å². The molecule has 8 nitrogen and oxygen atoms in total. The number of nitrogens with one attached hydrogen (secondary N) is 2. The van der Waals surface area contributed by atoms with E-state index in [-0.39, 0.29) is 18.2 Å². The molecular weight excluding hydrogens is 505 g/mol. The number of nitrogens with two attached hydrogens (primary N) is 2. The van der Waals surface area contributed by atoms with E-state index >= 15 is 0 Å². The molecule has 0 aliphatic heterocycles. The number of H-pyrrole nitrogens is 1. The Labute approximate surface area is 221 Å². The van der Waals surface area contributed by atoms with Crippen LogP contribution in [0.1, 0.15) is 16.8 Å². The highest BCUT2D eigenvalue weighted by Crippen LogP contribution is 2.35. The second-order valence-electron chi connectivity index (χ2n) is 8.64. The van der Waals surface area contributed by atoms with E-state index in [1.165, 1.54) is 6.07 Å². The molecule has 196 valence electrons. The van der Waals surface area contributed by atoms with Gasteiger partial charge in [0.1, 0.15) is 0 Å². The van der Waals surface area contributed by atoms with Crippen molar-refractivity contribution in [3.05, 3.63) is 108 Å². The fourth-order valence-electron chi connectivity index (χ4n) is 4.12. The quantitative estimate of drug-likeness (QED) is 0.163. The first-order valence-corrected chi connectivity index (χ1v) is 11.9. The molecule has 0 saturated carbocycles. The normalized spacial score (nSPS) is 11.9. The molecule has 0 aliphatic carbocycles. The monoisotopic (exact) mass is 528 g/mol. The summed E-state index contributed by atoms with van der Waals surface area (Å²) in [4.78, 5) is 4.30. The van der Waals surface area contributed by atoms with Crippen LogP contribution in [0.25, 0.3) is 22.4 Å². The molecule has 0 radical (unpaired) electrons. The molecule has 0 unspecified atom stereocenters. The second-order valence-corrected chi connectivity index (χ2v) is 8.64. The number of aliphatic imine (C=N–C) groups is 1.